The highest BCUT2D eigenvalue weighted by molar-refractivity contribution is 5.75. The van der Waals surface area contributed by atoms with Gasteiger partial charge in [0.15, 0.2) is 0 Å². The quantitative estimate of drug-likeness (QED) is 0.907. The lowest BCUT2D eigenvalue weighted by Crippen LogP contribution is -2.24. The predicted octanol–water partition coefficient (Wildman–Crippen LogP) is 2.57. The van der Waals surface area contributed by atoms with E-state index in [0.29, 0.717) is 18.9 Å². The molecule has 1 heterocycles. The van der Waals surface area contributed by atoms with Crippen LogP contribution in [-0.4, -0.2) is 19.1 Å². The van der Waals surface area contributed by atoms with Crippen LogP contribution in [0.4, 0.5) is 0 Å². The monoisotopic (exact) mass is 264 g/mol. The van der Waals surface area contributed by atoms with E-state index in [2.05, 4.69) is 11.4 Å². The first-order valence-corrected chi connectivity index (χ1v) is 6.77. The first-order chi connectivity index (χ1) is 11.2. The number of fused-ring (bicyclic) bond motifs is 3. The second kappa shape index (κ2) is 5.24. The Hall–Kier alpha value is -1.51. The fourth-order valence-electron chi connectivity index (χ4n) is 3.24. The van der Waals surface area contributed by atoms with E-state index in [4.69, 9.17) is 11.6 Å². The van der Waals surface area contributed by atoms with E-state index in [1.807, 2.05) is 6.07 Å². The maximum atomic E-state index is 11.9. The van der Waals surface area contributed by atoms with Crippen LogP contribution in [-0.2, 0) is 17.6 Å². The molecule has 3 heteroatoms. The van der Waals surface area contributed by atoms with E-state index >= 15 is 0 Å². The molecule has 0 radical (unpaired) electrons. The predicted molar refractivity (Wildman–Crippen MR) is 74.6 cm³/mol. The number of rotatable bonds is 4. The molecule has 3 rings (SSSR count). The summed E-state index contributed by atoms with van der Waals surface area (Å²) in [5.74, 6) is 0.182. The Kier molecular flexibility index (Phi) is 2.19. The van der Waals surface area contributed by atoms with Crippen molar-refractivity contribution >= 4 is 5.91 Å². The van der Waals surface area contributed by atoms with Crippen molar-refractivity contribution in [2.45, 2.75) is 44.8 Å². The van der Waals surface area contributed by atoms with Crippen molar-refractivity contribution in [2.75, 3.05) is 13.2 Å². The maximum absolute atomic E-state index is 11.9. The van der Waals surface area contributed by atoms with Crippen LogP contribution in [0.2, 0.25) is 0 Å². The smallest absolute Gasteiger partial charge is 0.219 e. The second-order valence-corrected chi connectivity index (χ2v) is 5.12. The van der Waals surface area contributed by atoms with Crippen LogP contribution < -0.4 is 10.1 Å². The van der Waals surface area contributed by atoms with E-state index in [1.54, 1.807) is 0 Å². The van der Waals surface area contributed by atoms with Gasteiger partial charge in [0.25, 0.3) is 0 Å². The van der Waals surface area contributed by atoms with Crippen LogP contribution in [0.1, 0.15) is 55.5 Å². The lowest BCUT2D eigenvalue weighted by Gasteiger charge is -2.15. The molecule has 1 atom stereocenters. The second-order valence-electron chi connectivity index (χ2n) is 5.12. The van der Waals surface area contributed by atoms with Gasteiger partial charge >= 0.3 is 0 Å². The molecule has 3 nitrogen and oxygen atoms in total. The Balaban J connectivity index is 1.63. The van der Waals surface area contributed by atoms with Gasteiger partial charge in [-0.15, -0.1) is 0 Å². The molecule has 0 saturated carbocycles. The Morgan fingerprint density at radius 1 is 1.58 bits per heavy atom. The zero-order valence-corrected chi connectivity index (χ0v) is 10.8. The summed E-state index contributed by atoms with van der Waals surface area (Å²) in [4.78, 5) is 11.9. The number of amides is 1. The van der Waals surface area contributed by atoms with Gasteiger partial charge in [0.1, 0.15) is 5.75 Å². The van der Waals surface area contributed by atoms with Gasteiger partial charge in [-0.05, 0) is 42.4 Å². The molecule has 1 aromatic carbocycles. The number of carbonyl (C=O) groups is 1. The molecule has 1 aromatic rings. The van der Waals surface area contributed by atoms with Crippen molar-refractivity contribution in [1.82, 2.24) is 5.32 Å². The van der Waals surface area contributed by atoms with Crippen molar-refractivity contribution in [2.24, 2.45) is 0 Å². The molecule has 1 unspecified atom stereocenters. The van der Waals surface area contributed by atoms with Gasteiger partial charge in [-0.25, -0.2) is 0 Å². The lowest BCUT2D eigenvalue weighted by atomic mass is 9.92. The number of benzene rings is 1. The first-order valence-electron chi connectivity index (χ1n) is 9.27. The van der Waals surface area contributed by atoms with Crippen molar-refractivity contribution < 1.29 is 16.4 Å². The van der Waals surface area contributed by atoms with Crippen LogP contribution in [0.15, 0.2) is 12.1 Å². The molecule has 2 aliphatic rings. The van der Waals surface area contributed by atoms with Crippen LogP contribution >= 0.6 is 0 Å². The van der Waals surface area contributed by atoms with Gasteiger partial charge < -0.3 is 10.1 Å². The Labute approximate surface area is 121 Å². The summed E-state index contributed by atoms with van der Waals surface area (Å²) < 4.78 is 41.9. The molecule has 0 aromatic heterocycles. The Bertz CT molecular complexity index is 657. The summed E-state index contributed by atoms with van der Waals surface area (Å²) in [6.07, 6.45) is 0.704. The summed E-state index contributed by atoms with van der Waals surface area (Å²) >= 11 is 0. The molecule has 0 saturated heterocycles. The van der Waals surface area contributed by atoms with Gasteiger partial charge in [-0.2, -0.15) is 0 Å². The summed E-state index contributed by atoms with van der Waals surface area (Å²) in [5.41, 5.74) is 3.91. The highest BCUT2D eigenvalue weighted by Crippen LogP contribution is 2.42. The maximum Gasteiger partial charge on any atom is 0.219 e. The number of carbonyl (C=O) groups excluding carboxylic acids is 1. The van der Waals surface area contributed by atoms with E-state index < -0.39 is 19.1 Å². The van der Waals surface area contributed by atoms with Crippen LogP contribution in [0, 0.1) is 0 Å². The molecule has 1 N–H and O–H groups in total. The zero-order chi connectivity index (χ0) is 17.5. The molecular weight excluding hydrogens is 238 g/mol. The molecule has 0 fully saturated rings. The van der Waals surface area contributed by atoms with Gasteiger partial charge in [0.05, 0.1) is 6.61 Å². The number of hydrogen-bond donors (Lipinski definition) is 1. The van der Waals surface area contributed by atoms with E-state index in [9.17, 15) is 4.79 Å². The van der Waals surface area contributed by atoms with Crippen molar-refractivity contribution in [3.63, 3.8) is 0 Å². The molecule has 1 amide bonds. The molecule has 1 aliphatic carbocycles. The van der Waals surface area contributed by atoms with Crippen molar-refractivity contribution in [1.29, 1.82) is 0 Å². The lowest BCUT2D eigenvalue weighted by molar-refractivity contribution is -0.120. The number of nitrogens with one attached hydrogen (secondary N) is 1. The van der Waals surface area contributed by atoms with Gasteiger partial charge in [-0.1, -0.05) is 12.9 Å². The standard InChI is InChI=1S/C16H21NO2/c1-2-15(18)17-9-7-12-4-3-11-5-6-14-13(16(11)12)8-10-19-14/h5-6,12H,2-4,7-10H2,1H3,(H,17,18)/i1D3,2D2. The van der Waals surface area contributed by atoms with Crippen molar-refractivity contribution in [3.05, 3.63) is 28.8 Å². The minimum atomic E-state index is -2.96. The largest absolute Gasteiger partial charge is 0.493 e. The zero-order valence-electron chi connectivity index (χ0n) is 15.8. The summed E-state index contributed by atoms with van der Waals surface area (Å²) in [5, 5.41) is 2.45. The summed E-state index contributed by atoms with van der Waals surface area (Å²) in [6, 6.07) is 4.13. The Morgan fingerprint density at radius 3 is 3.42 bits per heavy atom. The molecule has 102 valence electrons. The molecule has 1 aliphatic heterocycles. The van der Waals surface area contributed by atoms with Gasteiger partial charge in [-0.3, -0.25) is 4.79 Å². The topological polar surface area (TPSA) is 38.3 Å². The average molecular weight is 264 g/mol. The molecule has 0 spiro atoms. The van der Waals surface area contributed by atoms with E-state index in [0.717, 1.165) is 25.0 Å². The number of aryl methyl sites for hydroxylation is 1. The van der Waals surface area contributed by atoms with Crippen LogP contribution in [0.5, 0.6) is 5.75 Å². The number of ether oxygens (including phenoxy) is 1. The van der Waals surface area contributed by atoms with E-state index in [1.165, 1.54) is 16.7 Å². The minimum absolute atomic E-state index is 0.267. The highest BCUT2D eigenvalue weighted by atomic mass is 16.5. The van der Waals surface area contributed by atoms with Crippen LogP contribution in [0.3, 0.4) is 0 Å². The molecular formula is C16H21NO2. The minimum Gasteiger partial charge on any atom is -0.493 e. The van der Waals surface area contributed by atoms with Gasteiger partial charge in [0, 0.05) is 31.8 Å². The fraction of sp³-hybridized carbons (Fsp3) is 0.562. The first kappa shape index (κ1) is 7.93. The SMILES string of the molecule is [2H]C([2H])([2H])C([2H])([2H])C(=O)NCCC1CCc2ccc3c(c21)CCO3. The molecule has 19 heavy (non-hydrogen) atoms. The van der Waals surface area contributed by atoms with Crippen molar-refractivity contribution in [3.8, 4) is 5.75 Å². The third-order valence-corrected chi connectivity index (χ3v) is 4.08. The Morgan fingerprint density at radius 2 is 2.53 bits per heavy atom. The summed E-state index contributed by atoms with van der Waals surface area (Å²) in [7, 11) is 0. The number of hydrogen-bond acceptors (Lipinski definition) is 2. The molecule has 0 bridgehead atoms. The van der Waals surface area contributed by atoms with E-state index in [-0.39, 0.29) is 6.54 Å². The van der Waals surface area contributed by atoms with Gasteiger partial charge in [0.2, 0.25) is 5.91 Å². The normalized spacial score (nSPS) is 25.1. The fourth-order valence-corrected chi connectivity index (χ4v) is 3.24. The summed E-state index contributed by atoms with van der Waals surface area (Å²) in [6.45, 7) is -1.99. The third-order valence-electron chi connectivity index (χ3n) is 4.08. The highest BCUT2D eigenvalue weighted by Gasteiger charge is 2.29. The average Bonchev–Trinajstić information content (AvgIpc) is 3.11. The van der Waals surface area contributed by atoms with Crippen LogP contribution in [0.25, 0.3) is 0 Å². The third kappa shape index (κ3) is 2.34.